The quantitative estimate of drug-likeness (QED) is 0.299. The van der Waals surface area contributed by atoms with E-state index < -0.39 is 6.29 Å². The van der Waals surface area contributed by atoms with Gasteiger partial charge in [-0.3, -0.25) is 4.79 Å². The molecule has 0 heterocycles. The summed E-state index contributed by atoms with van der Waals surface area (Å²) in [5, 5.41) is 17.9. The molecular weight excluding hydrogens is 302 g/mol. The standard InChI is InChI=1S/C20H41NO3/c1-3-5-6-7-8-9-10-11-12-13-14-15-19(22)21(17-4-2)18-16-20(23)24/h20,23-24H,3-18H2,1-2H3. The van der Waals surface area contributed by atoms with Gasteiger partial charge < -0.3 is 15.1 Å². The van der Waals surface area contributed by atoms with Crippen LogP contribution >= 0.6 is 0 Å². The Morgan fingerprint density at radius 3 is 1.71 bits per heavy atom. The van der Waals surface area contributed by atoms with Crippen molar-refractivity contribution in [3.05, 3.63) is 0 Å². The molecular formula is C20H41NO3. The van der Waals surface area contributed by atoms with Gasteiger partial charge in [0.25, 0.3) is 0 Å². The molecule has 0 saturated carbocycles. The molecule has 0 aliphatic heterocycles. The molecule has 24 heavy (non-hydrogen) atoms. The van der Waals surface area contributed by atoms with Crippen molar-refractivity contribution in [1.29, 1.82) is 0 Å². The first-order valence-electron chi connectivity index (χ1n) is 10.3. The summed E-state index contributed by atoms with van der Waals surface area (Å²) >= 11 is 0. The number of aliphatic hydroxyl groups is 2. The SMILES string of the molecule is CCCCCCCCCCCCCC(=O)N(CCC)CCC(O)O. The zero-order valence-corrected chi connectivity index (χ0v) is 16.1. The average Bonchev–Trinajstić information content (AvgIpc) is 2.56. The number of hydrogen-bond acceptors (Lipinski definition) is 3. The highest BCUT2D eigenvalue weighted by molar-refractivity contribution is 5.76. The largest absolute Gasteiger partial charge is 0.368 e. The zero-order chi connectivity index (χ0) is 18.0. The number of amides is 1. The van der Waals surface area contributed by atoms with Crippen molar-refractivity contribution in [2.24, 2.45) is 0 Å². The molecule has 0 bridgehead atoms. The van der Waals surface area contributed by atoms with Crippen LogP contribution in [0, 0.1) is 0 Å². The van der Waals surface area contributed by atoms with Crippen molar-refractivity contribution in [2.45, 2.75) is 110 Å². The van der Waals surface area contributed by atoms with Crippen molar-refractivity contribution in [3.63, 3.8) is 0 Å². The third-order valence-electron chi connectivity index (χ3n) is 4.50. The van der Waals surface area contributed by atoms with Crippen LogP contribution in [-0.2, 0) is 4.79 Å². The summed E-state index contributed by atoms with van der Waals surface area (Å²) in [6.45, 7) is 5.45. The Morgan fingerprint density at radius 1 is 0.750 bits per heavy atom. The van der Waals surface area contributed by atoms with E-state index >= 15 is 0 Å². The van der Waals surface area contributed by atoms with Crippen LogP contribution in [0.1, 0.15) is 104 Å². The van der Waals surface area contributed by atoms with Gasteiger partial charge in [-0.2, -0.15) is 0 Å². The molecule has 2 N–H and O–H groups in total. The number of hydrogen-bond donors (Lipinski definition) is 2. The molecule has 0 aromatic heterocycles. The smallest absolute Gasteiger partial charge is 0.222 e. The minimum Gasteiger partial charge on any atom is -0.368 e. The topological polar surface area (TPSA) is 60.8 Å². The van der Waals surface area contributed by atoms with E-state index in [0.717, 1.165) is 19.3 Å². The summed E-state index contributed by atoms with van der Waals surface area (Å²) in [6, 6.07) is 0. The molecule has 4 heteroatoms. The van der Waals surface area contributed by atoms with Gasteiger partial charge in [-0.05, 0) is 12.8 Å². The van der Waals surface area contributed by atoms with Gasteiger partial charge in [0.05, 0.1) is 0 Å². The zero-order valence-electron chi connectivity index (χ0n) is 16.1. The number of carbonyl (C=O) groups is 1. The summed E-state index contributed by atoms with van der Waals surface area (Å²) in [7, 11) is 0. The van der Waals surface area contributed by atoms with Gasteiger partial charge in [-0.25, -0.2) is 0 Å². The molecule has 0 fully saturated rings. The van der Waals surface area contributed by atoms with Crippen LogP contribution in [0.2, 0.25) is 0 Å². The van der Waals surface area contributed by atoms with Crippen LogP contribution in [0.4, 0.5) is 0 Å². The minimum absolute atomic E-state index is 0.161. The second kappa shape index (κ2) is 17.2. The van der Waals surface area contributed by atoms with Crippen molar-refractivity contribution in [3.8, 4) is 0 Å². The van der Waals surface area contributed by atoms with E-state index in [4.69, 9.17) is 10.2 Å². The molecule has 0 unspecified atom stereocenters. The van der Waals surface area contributed by atoms with E-state index in [1.807, 2.05) is 6.92 Å². The molecule has 0 rings (SSSR count). The van der Waals surface area contributed by atoms with Gasteiger partial charge in [0.15, 0.2) is 6.29 Å². The number of carbonyl (C=O) groups excluding carboxylic acids is 1. The van der Waals surface area contributed by atoms with E-state index in [1.165, 1.54) is 57.8 Å². The van der Waals surface area contributed by atoms with Crippen LogP contribution in [0.3, 0.4) is 0 Å². The van der Waals surface area contributed by atoms with Gasteiger partial charge in [-0.1, -0.05) is 78.1 Å². The maximum atomic E-state index is 12.2. The molecule has 0 radical (unpaired) electrons. The van der Waals surface area contributed by atoms with E-state index in [2.05, 4.69) is 6.92 Å². The number of aliphatic hydroxyl groups excluding tert-OH is 1. The fourth-order valence-corrected chi connectivity index (χ4v) is 3.00. The van der Waals surface area contributed by atoms with Gasteiger partial charge in [0.1, 0.15) is 0 Å². The van der Waals surface area contributed by atoms with E-state index in [-0.39, 0.29) is 12.3 Å². The van der Waals surface area contributed by atoms with Crippen molar-refractivity contribution < 1.29 is 15.0 Å². The fraction of sp³-hybridized carbons (Fsp3) is 0.950. The first-order chi connectivity index (χ1) is 11.6. The maximum absolute atomic E-state index is 12.2. The molecule has 0 aliphatic rings. The van der Waals surface area contributed by atoms with Crippen molar-refractivity contribution in [2.75, 3.05) is 13.1 Å². The number of nitrogens with zero attached hydrogens (tertiary/aromatic N) is 1. The Kier molecular flexibility index (Phi) is 16.8. The first kappa shape index (κ1) is 23.4. The molecule has 144 valence electrons. The van der Waals surface area contributed by atoms with Crippen molar-refractivity contribution in [1.82, 2.24) is 4.90 Å². The highest BCUT2D eigenvalue weighted by atomic mass is 16.5. The molecule has 4 nitrogen and oxygen atoms in total. The third kappa shape index (κ3) is 14.9. The van der Waals surface area contributed by atoms with Crippen LogP contribution in [-0.4, -0.2) is 40.4 Å². The Labute approximate surface area is 149 Å². The molecule has 0 aromatic carbocycles. The van der Waals surface area contributed by atoms with Gasteiger partial charge in [-0.15, -0.1) is 0 Å². The van der Waals surface area contributed by atoms with E-state index in [0.29, 0.717) is 19.5 Å². The minimum atomic E-state index is -1.32. The van der Waals surface area contributed by atoms with Crippen LogP contribution < -0.4 is 0 Å². The Bertz CT molecular complexity index is 282. The molecule has 0 saturated heterocycles. The Hall–Kier alpha value is -0.610. The maximum Gasteiger partial charge on any atom is 0.222 e. The average molecular weight is 344 g/mol. The predicted molar refractivity (Wildman–Crippen MR) is 101 cm³/mol. The summed E-state index contributed by atoms with van der Waals surface area (Å²) in [6.07, 6.45) is 14.6. The lowest BCUT2D eigenvalue weighted by Gasteiger charge is -2.22. The Morgan fingerprint density at radius 2 is 1.25 bits per heavy atom. The molecule has 0 aromatic rings. The third-order valence-corrected chi connectivity index (χ3v) is 4.50. The first-order valence-corrected chi connectivity index (χ1v) is 10.3. The van der Waals surface area contributed by atoms with Gasteiger partial charge in [0, 0.05) is 25.9 Å². The summed E-state index contributed by atoms with van der Waals surface area (Å²) in [5.74, 6) is 0.161. The van der Waals surface area contributed by atoms with E-state index in [1.54, 1.807) is 4.90 Å². The van der Waals surface area contributed by atoms with Crippen molar-refractivity contribution >= 4 is 5.91 Å². The number of unbranched alkanes of at least 4 members (excludes halogenated alkanes) is 10. The normalized spacial score (nSPS) is 11.2. The lowest BCUT2D eigenvalue weighted by atomic mass is 10.1. The van der Waals surface area contributed by atoms with Crippen LogP contribution in [0.5, 0.6) is 0 Å². The molecule has 0 atom stereocenters. The summed E-state index contributed by atoms with van der Waals surface area (Å²) in [4.78, 5) is 13.9. The molecule has 0 aliphatic carbocycles. The number of rotatable bonds is 17. The van der Waals surface area contributed by atoms with Crippen LogP contribution in [0.25, 0.3) is 0 Å². The second-order valence-corrected chi connectivity index (χ2v) is 6.94. The van der Waals surface area contributed by atoms with E-state index in [9.17, 15) is 4.79 Å². The highest BCUT2D eigenvalue weighted by Crippen LogP contribution is 2.12. The lowest BCUT2D eigenvalue weighted by Crippen LogP contribution is -2.34. The highest BCUT2D eigenvalue weighted by Gasteiger charge is 2.13. The Balaban J connectivity index is 3.54. The lowest BCUT2D eigenvalue weighted by molar-refractivity contribution is -0.132. The van der Waals surface area contributed by atoms with Crippen LogP contribution in [0.15, 0.2) is 0 Å². The molecule has 0 spiro atoms. The second-order valence-electron chi connectivity index (χ2n) is 6.94. The molecule has 1 amide bonds. The monoisotopic (exact) mass is 343 g/mol. The van der Waals surface area contributed by atoms with Gasteiger partial charge in [0.2, 0.25) is 5.91 Å². The van der Waals surface area contributed by atoms with Gasteiger partial charge >= 0.3 is 0 Å². The summed E-state index contributed by atoms with van der Waals surface area (Å²) < 4.78 is 0. The summed E-state index contributed by atoms with van der Waals surface area (Å²) in [5.41, 5.74) is 0. The fourth-order valence-electron chi connectivity index (χ4n) is 3.00. The predicted octanol–water partition coefficient (Wildman–Crippen LogP) is 4.63.